The Labute approximate surface area is 143 Å². The molecule has 1 aliphatic rings. The molecule has 7 heteroatoms. The molecule has 1 aromatic heterocycles. The van der Waals surface area contributed by atoms with Crippen LogP contribution in [-0.4, -0.2) is 53.9 Å². The van der Waals surface area contributed by atoms with Gasteiger partial charge in [-0.15, -0.1) is 0 Å². The molecule has 1 N–H and O–H groups in total. The van der Waals surface area contributed by atoms with Gasteiger partial charge in [0.2, 0.25) is 0 Å². The Morgan fingerprint density at radius 3 is 3.09 bits per heavy atom. The van der Waals surface area contributed by atoms with Crippen LogP contribution in [0.25, 0.3) is 11.0 Å². The molecule has 1 unspecified atom stereocenters. The van der Waals surface area contributed by atoms with E-state index in [1.807, 2.05) is 30.1 Å². The van der Waals surface area contributed by atoms with E-state index in [0.717, 1.165) is 53.6 Å². The molecule has 0 spiro atoms. The Morgan fingerprint density at radius 1 is 1.48 bits per heavy atom. The monoisotopic (exact) mass is 381 g/mol. The average Bonchev–Trinajstić information content (AvgIpc) is 2.75. The molecule has 1 saturated heterocycles. The van der Waals surface area contributed by atoms with Crippen molar-refractivity contribution in [1.29, 1.82) is 0 Å². The first kappa shape index (κ1) is 16.3. The SMILES string of the molecule is CN(CC(=O)O)C1CCCN(c2noc3ccc(Br)cc23)CC1. The first-order chi connectivity index (χ1) is 11.0. The van der Waals surface area contributed by atoms with Crippen molar-refractivity contribution in [1.82, 2.24) is 10.1 Å². The highest BCUT2D eigenvalue weighted by atomic mass is 79.9. The maximum absolute atomic E-state index is 10.9. The van der Waals surface area contributed by atoms with Gasteiger partial charge < -0.3 is 14.5 Å². The number of hydrogen-bond acceptors (Lipinski definition) is 5. The van der Waals surface area contributed by atoms with Gasteiger partial charge in [-0.3, -0.25) is 9.69 Å². The van der Waals surface area contributed by atoms with Crippen molar-refractivity contribution in [2.45, 2.75) is 25.3 Å². The van der Waals surface area contributed by atoms with Crippen LogP contribution in [0, 0.1) is 0 Å². The molecule has 0 aliphatic carbocycles. The Balaban J connectivity index is 1.74. The highest BCUT2D eigenvalue weighted by Crippen LogP contribution is 2.30. The fourth-order valence-corrected chi connectivity index (χ4v) is 3.56. The fourth-order valence-electron chi connectivity index (χ4n) is 3.20. The van der Waals surface area contributed by atoms with Gasteiger partial charge in [-0.1, -0.05) is 21.1 Å². The Kier molecular flexibility index (Phi) is 4.87. The molecule has 0 radical (unpaired) electrons. The van der Waals surface area contributed by atoms with Crippen LogP contribution >= 0.6 is 15.9 Å². The number of rotatable bonds is 4. The maximum Gasteiger partial charge on any atom is 0.317 e. The van der Waals surface area contributed by atoms with Gasteiger partial charge in [0.25, 0.3) is 0 Å². The zero-order valence-corrected chi connectivity index (χ0v) is 14.6. The standard InChI is InChI=1S/C16H20BrN3O3/c1-19(10-15(21)22)12-3-2-7-20(8-6-12)16-13-9-11(17)4-5-14(13)23-18-16/h4-5,9,12H,2-3,6-8,10H2,1H3,(H,21,22). The number of anilines is 1. The molecule has 0 amide bonds. The lowest BCUT2D eigenvalue weighted by atomic mass is 10.1. The number of likely N-dealkylation sites (N-methyl/N-ethyl adjacent to an activating group) is 1. The number of fused-ring (bicyclic) bond motifs is 1. The van der Waals surface area contributed by atoms with Crippen molar-refractivity contribution in [3.63, 3.8) is 0 Å². The third-order valence-corrected chi connectivity index (χ3v) is 4.91. The number of benzene rings is 1. The van der Waals surface area contributed by atoms with Gasteiger partial charge in [0, 0.05) is 23.6 Å². The number of carbonyl (C=O) groups is 1. The number of hydrogen-bond donors (Lipinski definition) is 1. The predicted molar refractivity (Wildman–Crippen MR) is 91.8 cm³/mol. The van der Waals surface area contributed by atoms with E-state index < -0.39 is 5.97 Å². The third kappa shape index (κ3) is 3.67. The fraction of sp³-hybridized carbons (Fsp3) is 0.500. The zero-order valence-electron chi connectivity index (χ0n) is 13.0. The van der Waals surface area contributed by atoms with Crippen molar-refractivity contribution >= 4 is 38.7 Å². The molecule has 1 fully saturated rings. The quantitative estimate of drug-likeness (QED) is 0.877. The summed E-state index contributed by atoms with van der Waals surface area (Å²) < 4.78 is 6.43. The number of aliphatic carboxylic acids is 1. The molecule has 124 valence electrons. The predicted octanol–water partition coefficient (Wildman–Crippen LogP) is 2.97. The molecule has 2 aromatic rings. The number of carboxylic acids is 1. The number of aromatic nitrogens is 1. The average molecular weight is 382 g/mol. The minimum Gasteiger partial charge on any atom is -0.480 e. The van der Waals surface area contributed by atoms with Crippen molar-refractivity contribution in [3.8, 4) is 0 Å². The van der Waals surface area contributed by atoms with Gasteiger partial charge >= 0.3 is 5.97 Å². The lowest BCUT2D eigenvalue weighted by Crippen LogP contribution is -2.36. The van der Waals surface area contributed by atoms with Gasteiger partial charge in [-0.25, -0.2) is 0 Å². The van der Waals surface area contributed by atoms with Gasteiger partial charge in [0.15, 0.2) is 11.4 Å². The lowest BCUT2D eigenvalue weighted by molar-refractivity contribution is -0.138. The summed E-state index contributed by atoms with van der Waals surface area (Å²) in [5.74, 6) is 0.101. The molecule has 1 atom stereocenters. The van der Waals surface area contributed by atoms with Gasteiger partial charge in [0.1, 0.15) is 0 Å². The van der Waals surface area contributed by atoms with E-state index in [-0.39, 0.29) is 6.54 Å². The van der Waals surface area contributed by atoms with E-state index in [9.17, 15) is 4.79 Å². The topological polar surface area (TPSA) is 69.8 Å². The Bertz CT molecular complexity index is 703. The number of nitrogens with zero attached hydrogens (tertiary/aromatic N) is 3. The van der Waals surface area contributed by atoms with Crippen LogP contribution in [0.3, 0.4) is 0 Å². The molecule has 6 nitrogen and oxygen atoms in total. The second-order valence-electron chi connectivity index (χ2n) is 6.03. The van der Waals surface area contributed by atoms with Crippen molar-refractivity contribution in [2.75, 3.05) is 31.6 Å². The molecule has 0 saturated carbocycles. The van der Waals surface area contributed by atoms with E-state index in [1.165, 1.54) is 0 Å². The Morgan fingerprint density at radius 2 is 2.30 bits per heavy atom. The molecule has 1 aromatic carbocycles. The third-order valence-electron chi connectivity index (χ3n) is 4.42. The summed E-state index contributed by atoms with van der Waals surface area (Å²) in [4.78, 5) is 15.1. The molecule has 0 bridgehead atoms. The van der Waals surface area contributed by atoms with Gasteiger partial charge in [-0.05, 0) is 44.5 Å². The Hall–Kier alpha value is -1.60. The highest BCUT2D eigenvalue weighted by molar-refractivity contribution is 9.10. The number of carboxylic acid groups (broad SMARTS) is 1. The second kappa shape index (κ2) is 6.88. The van der Waals surface area contributed by atoms with E-state index in [0.29, 0.717) is 6.04 Å². The zero-order chi connectivity index (χ0) is 16.4. The lowest BCUT2D eigenvalue weighted by Gasteiger charge is -2.25. The first-order valence-corrected chi connectivity index (χ1v) is 8.56. The molecular weight excluding hydrogens is 362 g/mol. The summed E-state index contributed by atoms with van der Waals surface area (Å²) in [6.45, 7) is 1.85. The maximum atomic E-state index is 10.9. The van der Waals surface area contributed by atoms with Crippen LogP contribution in [0.1, 0.15) is 19.3 Å². The van der Waals surface area contributed by atoms with Crippen molar-refractivity contribution in [2.24, 2.45) is 0 Å². The van der Waals surface area contributed by atoms with Crippen LogP contribution in [0.2, 0.25) is 0 Å². The van der Waals surface area contributed by atoms with E-state index >= 15 is 0 Å². The van der Waals surface area contributed by atoms with E-state index in [1.54, 1.807) is 0 Å². The summed E-state index contributed by atoms with van der Waals surface area (Å²) in [5, 5.41) is 14.2. The van der Waals surface area contributed by atoms with Crippen LogP contribution in [-0.2, 0) is 4.79 Å². The summed E-state index contributed by atoms with van der Waals surface area (Å²) in [6, 6.07) is 6.18. The van der Waals surface area contributed by atoms with Crippen molar-refractivity contribution < 1.29 is 14.4 Å². The minimum atomic E-state index is -0.777. The van der Waals surface area contributed by atoms with E-state index in [4.69, 9.17) is 9.63 Å². The van der Waals surface area contributed by atoms with Crippen LogP contribution in [0.15, 0.2) is 27.2 Å². The molecule has 1 aliphatic heterocycles. The first-order valence-electron chi connectivity index (χ1n) is 7.76. The summed E-state index contributed by atoms with van der Waals surface area (Å²) >= 11 is 3.49. The van der Waals surface area contributed by atoms with Crippen LogP contribution in [0.5, 0.6) is 0 Å². The normalized spacial score (nSPS) is 19.3. The molecule has 3 rings (SSSR count). The summed E-state index contributed by atoms with van der Waals surface area (Å²) in [5.41, 5.74) is 0.784. The van der Waals surface area contributed by atoms with Crippen LogP contribution in [0.4, 0.5) is 5.82 Å². The minimum absolute atomic E-state index is 0.0878. The molecule has 2 heterocycles. The summed E-state index contributed by atoms with van der Waals surface area (Å²) in [6.07, 6.45) is 2.93. The molecular formula is C16H20BrN3O3. The largest absolute Gasteiger partial charge is 0.480 e. The van der Waals surface area contributed by atoms with E-state index in [2.05, 4.69) is 26.0 Å². The molecule has 23 heavy (non-hydrogen) atoms. The smallest absolute Gasteiger partial charge is 0.317 e. The van der Waals surface area contributed by atoms with Gasteiger partial charge in [0.05, 0.1) is 11.9 Å². The number of halogens is 1. The second-order valence-corrected chi connectivity index (χ2v) is 6.94. The highest BCUT2D eigenvalue weighted by Gasteiger charge is 2.24. The summed E-state index contributed by atoms with van der Waals surface area (Å²) in [7, 11) is 1.89. The van der Waals surface area contributed by atoms with Crippen LogP contribution < -0.4 is 4.90 Å². The van der Waals surface area contributed by atoms with Crippen molar-refractivity contribution in [3.05, 3.63) is 22.7 Å². The van der Waals surface area contributed by atoms with Gasteiger partial charge in [-0.2, -0.15) is 0 Å².